The molecule has 0 N–H and O–H groups in total. The molecule has 0 radical (unpaired) electrons. The summed E-state index contributed by atoms with van der Waals surface area (Å²) in [6.45, 7) is 3.69. The van der Waals surface area contributed by atoms with Gasteiger partial charge < -0.3 is 14.5 Å². The van der Waals surface area contributed by atoms with Crippen LogP contribution in [0.25, 0.3) is 0 Å². The number of hydrogen-bond donors (Lipinski definition) is 0. The fourth-order valence-electron chi connectivity index (χ4n) is 3.78. The highest BCUT2D eigenvalue weighted by molar-refractivity contribution is 5.96. The van der Waals surface area contributed by atoms with Gasteiger partial charge in [0.05, 0.1) is 5.69 Å². The smallest absolute Gasteiger partial charge is 0.325 e. The first-order valence-corrected chi connectivity index (χ1v) is 10.1. The molecular formula is C21H24FN5O3. The van der Waals surface area contributed by atoms with Crippen molar-refractivity contribution < 1.29 is 18.7 Å². The Morgan fingerprint density at radius 3 is 2.67 bits per heavy atom. The lowest BCUT2D eigenvalue weighted by molar-refractivity contribution is -0.133. The first kappa shape index (κ1) is 20.1. The maximum atomic E-state index is 14.0. The molecule has 1 aromatic heterocycles. The number of likely N-dealkylation sites (tertiary alicyclic amines) is 1. The van der Waals surface area contributed by atoms with E-state index in [1.807, 2.05) is 0 Å². The van der Waals surface area contributed by atoms with Crippen LogP contribution >= 0.6 is 0 Å². The molecule has 3 amide bonds. The molecular weight excluding hydrogens is 389 g/mol. The van der Waals surface area contributed by atoms with E-state index in [1.165, 1.54) is 15.9 Å². The molecule has 2 saturated heterocycles. The third kappa shape index (κ3) is 4.34. The van der Waals surface area contributed by atoms with Gasteiger partial charge in [0.2, 0.25) is 11.8 Å². The van der Waals surface area contributed by atoms with Crippen LogP contribution in [0.1, 0.15) is 18.7 Å². The van der Waals surface area contributed by atoms with Gasteiger partial charge in [-0.2, -0.15) is 4.98 Å². The van der Waals surface area contributed by atoms with Crippen LogP contribution in [-0.2, 0) is 4.79 Å². The number of carbonyl (C=O) groups excluding carboxylic acids is 2. The number of rotatable bonds is 5. The third-order valence-corrected chi connectivity index (χ3v) is 5.40. The number of ether oxygens (including phenoxy) is 1. The first-order chi connectivity index (χ1) is 14.5. The van der Waals surface area contributed by atoms with Crippen LogP contribution in [0.2, 0.25) is 0 Å². The Kier molecular flexibility index (Phi) is 5.78. The lowest BCUT2D eigenvalue weighted by Gasteiger charge is -2.32. The zero-order valence-corrected chi connectivity index (χ0v) is 16.8. The fourth-order valence-corrected chi connectivity index (χ4v) is 3.78. The number of piperidine rings is 1. The molecule has 30 heavy (non-hydrogen) atoms. The van der Waals surface area contributed by atoms with Gasteiger partial charge in [-0.25, -0.2) is 14.2 Å². The highest BCUT2D eigenvalue weighted by Crippen LogP contribution is 2.24. The van der Waals surface area contributed by atoms with Crippen LogP contribution in [0.15, 0.2) is 36.5 Å². The molecule has 9 heteroatoms. The van der Waals surface area contributed by atoms with E-state index >= 15 is 0 Å². The van der Waals surface area contributed by atoms with E-state index < -0.39 is 5.82 Å². The molecule has 8 nitrogen and oxygen atoms in total. The quantitative estimate of drug-likeness (QED) is 0.751. The van der Waals surface area contributed by atoms with Crippen molar-refractivity contribution >= 4 is 17.6 Å². The first-order valence-electron chi connectivity index (χ1n) is 10.1. The molecule has 0 atom stereocenters. The molecule has 0 spiro atoms. The second kappa shape index (κ2) is 8.64. The van der Waals surface area contributed by atoms with E-state index in [1.54, 1.807) is 42.3 Å². The van der Waals surface area contributed by atoms with Gasteiger partial charge in [-0.05, 0) is 19.1 Å². The number of amides is 3. The molecule has 2 aliphatic rings. The average Bonchev–Trinajstić information content (AvgIpc) is 3.09. The highest BCUT2D eigenvalue weighted by atomic mass is 19.1. The normalized spacial score (nSPS) is 17.5. The van der Waals surface area contributed by atoms with Crippen molar-refractivity contribution in [3.63, 3.8) is 0 Å². The van der Waals surface area contributed by atoms with E-state index in [4.69, 9.17) is 4.74 Å². The fraction of sp³-hybridized carbons (Fsp3) is 0.429. The molecule has 2 aromatic rings. The summed E-state index contributed by atoms with van der Waals surface area (Å²) in [5.74, 6) is 0.651. The Bertz CT molecular complexity index is 932. The molecule has 0 aliphatic carbocycles. The predicted octanol–water partition coefficient (Wildman–Crippen LogP) is 2.24. The topological polar surface area (TPSA) is 78.9 Å². The molecule has 158 valence electrons. The number of benzene rings is 1. The van der Waals surface area contributed by atoms with Crippen molar-refractivity contribution in [2.45, 2.75) is 25.9 Å². The molecule has 3 heterocycles. The van der Waals surface area contributed by atoms with E-state index in [2.05, 4.69) is 9.97 Å². The minimum absolute atomic E-state index is 0.000411. The molecule has 2 aliphatic heterocycles. The van der Waals surface area contributed by atoms with Gasteiger partial charge in [0.25, 0.3) is 0 Å². The zero-order chi connectivity index (χ0) is 21.1. The van der Waals surface area contributed by atoms with Gasteiger partial charge in [0.15, 0.2) is 0 Å². The number of nitrogens with zero attached hydrogens (tertiary/aromatic N) is 5. The number of para-hydroxylation sites is 1. The molecule has 0 bridgehead atoms. The summed E-state index contributed by atoms with van der Waals surface area (Å²) in [4.78, 5) is 38.2. The Labute approximate surface area is 174 Å². The number of hydrogen-bond acceptors (Lipinski definition) is 5. The Morgan fingerprint density at radius 1 is 1.17 bits per heavy atom. The van der Waals surface area contributed by atoms with Crippen LogP contribution in [0.3, 0.4) is 0 Å². The summed E-state index contributed by atoms with van der Waals surface area (Å²) < 4.78 is 19.9. The summed E-state index contributed by atoms with van der Waals surface area (Å²) in [5.41, 5.74) is 0.246. The predicted molar refractivity (Wildman–Crippen MR) is 108 cm³/mol. The van der Waals surface area contributed by atoms with Crippen LogP contribution in [0.5, 0.6) is 5.88 Å². The van der Waals surface area contributed by atoms with Crippen molar-refractivity contribution in [3.05, 3.63) is 48.2 Å². The van der Waals surface area contributed by atoms with Gasteiger partial charge in [-0.3, -0.25) is 9.69 Å². The van der Waals surface area contributed by atoms with Gasteiger partial charge in [0.1, 0.15) is 24.3 Å². The lowest BCUT2D eigenvalue weighted by atomic mass is 10.1. The van der Waals surface area contributed by atoms with E-state index in [0.717, 1.165) is 0 Å². The summed E-state index contributed by atoms with van der Waals surface area (Å²) in [7, 11) is 0. The van der Waals surface area contributed by atoms with E-state index in [-0.39, 0.29) is 30.3 Å². The molecule has 2 fully saturated rings. The number of urea groups is 1. The number of anilines is 1. The number of halogens is 1. The SMILES string of the molecule is Cc1nccc(OC2CCN(C(=O)CN3CCN(c4ccccc4F)C3=O)CC2)n1. The zero-order valence-electron chi connectivity index (χ0n) is 16.8. The summed E-state index contributed by atoms with van der Waals surface area (Å²) in [5, 5.41) is 0. The van der Waals surface area contributed by atoms with E-state index in [0.29, 0.717) is 50.7 Å². The average molecular weight is 413 g/mol. The minimum Gasteiger partial charge on any atom is -0.474 e. The monoisotopic (exact) mass is 413 g/mol. The Balaban J connectivity index is 1.28. The Hall–Kier alpha value is -3.23. The second-order valence-corrected chi connectivity index (χ2v) is 7.45. The standard InChI is InChI=1S/C21H24FN5O3/c1-15-23-9-6-19(24-15)30-16-7-10-25(11-8-16)20(28)14-26-12-13-27(21(26)29)18-5-3-2-4-17(18)22/h2-6,9,16H,7-8,10-14H2,1H3. The summed E-state index contributed by atoms with van der Waals surface area (Å²) >= 11 is 0. The summed E-state index contributed by atoms with van der Waals surface area (Å²) in [6.07, 6.45) is 3.05. The van der Waals surface area contributed by atoms with Crippen LogP contribution < -0.4 is 9.64 Å². The van der Waals surface area contributed by atoms with Crippen LogP contribution in [-0.4, -0.2) is 70.5 Å². The number of aryl methyl sites for hydroxylation is 1. The van der Waals surface area contributed by atoms with Gasteiger partial charge in [-0.15, -0.1) is 0 Å². The van der Waals surface area contributed by atoms with Gasteiger partial charge >= 0.3 is 6.03 Å². The van der Waals surface area contributed by atoms with Crippen LogP contribution in [0.4, 0.5) is 14.9 Å². The maximum absolute atomic E-state index is 14.0. The van der Waals surface area contributed by atoms with Gasteiger partial charge in [-0.1, -0.05) is 12.1 Å². The third-order valence-electron chi connectivity index (χ3n) is 5.40. The molecule has 1 aromatic carbocycles. The van der Waals surface area contributed by atoms with Crippen molar-refractivity contribution in [1.82, 2.24) is 19.8 Å². The van der Waals surface area contributed by atoms with Crippen molar-refractivity contribution in [3.8, 4) is 5.88 Å². The summed E-state index contributed by atoms with van der Waals surface area (Å²) in [6, 6.07) is 7.55. The maximum Gasteiger partial charge on any atom is 0.325 e. The van der Waals surface area contributed by atoms with Crippen molar-refractivity contribution in [1.29, 1.82) is 0 Å². The molecule has 0 saturated carbocycles. The van der Waals surface area contributed by atoms with Gasteiger partial charge in [0, 0.05) is 51.3 Å². The molecule has 0 unspecified atom stereocenters. The van der Waals surface area contributed by atoms with Crippen LogP contribution in [0, 0.1) is 12.7 Å². The molecule has 4 rings (SSSR count). The second-order valence-electron chi connectivity index (χ2n) is 7.45. The van der Waals surface area contributed by atoms with Crippen molar-refractivity contribution in [2.75, 3.05) is 37.6 Å². The number of aromatic nitrogens is 2. The Morgan fingerprint density at radius 2 is 1.93 bits per heavy atom. The van der Waals surface area contributed by atoms with Crippen molar-refractivity contribution in [2.24, 2.45) is 0 Å². The largest absolute Gasteiger partial charge is 0.474 e. The number of carbonyl (C=O) groups is 2. The van der Waals surface area contributed by atoms with E-state index in [9.17, 15) is 14.0 Å². The lowest BCUT2D eigenvalue weighted by Crippen LogP contribution is -2.47. The minimum atomic E-state index is -0.444. The highest BCUT2D eigenvalue weighted by Gasteiger charge is 2.34.